The van der Waals surface area contributed by atoms with Gasteiger partial charge in [0.25, 0.3) is 0 Å². The maximum Gasteiger partial charge on any atom is 0.340 e. The maximum absolute atomic E-state index is 12.7. The zero-order valence-electron chi connectivity index (χ0n) is 17.1. The van der Waals surface area contributed by atoms with Crippen LogP contribution in [0, 0.1) is 13.8 Å². The zero-order valence-corrected chi connectivity index (χ0v) is 18.7. The Morgan fingerprint density at radius 2 is 1.97 bits per heavy atom. The van der Waals surface area contributed by atoms with Gasteiger partial charge in [0.2, 0.25) is 5.78 Å². The first-order valence-corrected chi connectivity index (χ1v) is 11.8. The van der Waals surface area contributed by atoms with Crippen molar-refractivity contribution < 1.29 is 27.5 Å². The van der Waals surface area contributed by atoms with Gasteiger partial charge in [0.1, 0.15) is 0 Å². The van der Waals surface area contributed by atoms with E-state index in [9.17, 15) is 18.0 Å². The lowest BCUT2D eigenvalue weighted by molar-refractivity contribution is 0.0474. The van der Waals surface area contributed by atoms with Crippen LogP contribution in [-0.2, 0) is 25.9 Å². The molecular weight excluding hydrogens is 430 g/mol. The van der Waals surface area contributed by atoms with Crippen LogP contribution in [0.4, 0.5) is 0 Å². The number of hydrogen-bond donors (Lipinski definition) is 0. The minimum Gasteiger partial charge on any atom is -0.454 e. The number of esters is 1. The number of carbonyl (C=O) groups is 2. The number of hydrogen-bond acceptors (Lipinski definition) is 6. The van der Waals surface area contributed by atoms with Crippen LogP contribution >= 0.6 is 11.6 Å². The van der Waals surface area contributed by atoms with Crippen molar-refractivity contribution in [2.75, 3.05) is 19.5 Å². The van der Waals surface area contributed by atoms with Crippen molar-refractivity contribution in [2.45, 2.75) is 44.2 Å². The summed E-state index contributed by atoms with van der Waals surface area (Å²) < 4.78 is 36.3. The van der Waals surface area contributed by atoms with Gasteiger partial charge in [-0.3, -0.25) is 4.79 Å². The van der Waals surface area contributed by atoms with Crippen LogP contribution in [0.15, 0.2) is 29.2 Å². The number of rotatable bonds is 7. The summed E-state index contributed by atoms with van der Waals surface area (Å²) in [6.45, 7) is 4.74. The van der Waals surface area contributed by atoms with Crippen LogP contribution in [0.5, 0.6) is 0 Å². The van der Waals surface area contributed by atoms with Gasteiger partial charge in [0, 0.05) is 36.4 Å². The van der Waals surface area contributed by atoms with Crippen molar-refractivity contribution in [3.63, 3.8) is 0 Å². The Bertz CT molecular complexity index is 1080. The Hall–Kier alpha value is -2.16. The standard InChI is InChI=1S/C21H24ClNO6S/c1-13-9-17(14(2)23(13)11-15-5-4-8-28-15)20(24)12-29-21(25)18-10-16(30(3,26)27)6-7-19(18)22/h6-7,9-10,15H,4-5,8,11-12H2,1-3H3/t15-/m0/s1. The highest BCUT2D eigenvalue weighted by Crippen LogP contribution is 2.23. The summed E-state index contributed by atoms with van der Waals surface area (Å²) in [5, 5.41) is 0.0505. The van der Waals surface area contributed by atoms with Gasteiger partial charge < -0.3 is 14.0 Å². The van der Waals surface area contributed by atoms with Crippen molar-refractivity contribution in [1.29, 1.82) is 0 Å². The van der Waals surface area contributed by atoms with Gasteiger partial charge >= 0.3 is 5.97 Å². The van der Waals surface area contributed by atoms with Gasteiger partial charge in [-0.15, -0.1) is 0 Å². The van der Waals surface area contributed by atoms with E-state index in [-0.39, 0.29) is 27.4 Å². The summed E-state index contributed by atoms with van der Waals surface area (Å²) in [6.07, 6.45) is 3.20. The van der Waals surface area contributed by atoms with Crippen LogP contribution in [0.2, 0.25) is 5.02 Å². The fourth-order valence-electron chi connectivity index (χ4n) is 3.53. The molecule has 0 N–H and O–H groups in total. The molecule has 1 saturated heterocycles. The van der Waals surface area contributed by atoms with Crippen molar-refractivity contribution in [3.8, 4) is 0 Å². The average Bonchev–Trinajstić information content (AvgIpc) is 3.29. The molecule has 0 unspecified atom stereocenters. The van der Waals surface area contributed by atoms with Crippen LogP contribution < -0.4 is 0 Å². The van der Waals surface area contributed by atoms with Crippen LogP contribution in [0.25, 0.3) is 0 Å². The number of nitrogens with zero attached hydrogens (tertiary/aromatic N) is 1. The fourth-order valence-corrected chi connectivity index (χ4v) is 4.38. The Balaban J connectivity index is 1.71. The fraction of sp³-hybridized carbons (Fsp3) is 0.429. The van der Waals surface area contributed by atoms with Gasteiger partial charge in [-0.2, -0.15) is 0 Å². The Morgan fingerprint density at radius 1 is 1.23 bits per heavy atom. The minimum absolute atomic E-state index is 0.0505. The third-order valence-electron chi connectivity index (χ3n) is 5.20. The van der Waals surface area contributed by atoms with Crippen LogP contribution in [0.3, 0.4) is 0 Å². The molecule has 0 amide bonds. The molecule has 1 aromatic heterocycles. The van der Waals surface area contributed by atoms with Crippen LogP contribution in [-0.4, -0.2) is 50.3 Å². The number of benzene rings is 1. The number of carbonyl (C=O) groups excluding carboxylic acids is 2. The Morgan fingerprint density at radius 3 is 2.60 bits per heavy atom. The van der Waals surface area contributed by atoms with Gasteiger partial charge in [0.05, 0.1) is 21.6 Å². The summed E-state index contributed by atoms with van der Waals surface area (Å²) in [6, 6.07) is 5.55. The summed E-state index contributed by atoms with van der Waals surface area (Å²) in [5.41, 5.74) is 2.10. The van der Waals surface area contributed by atoms with E-state index in [2.05, 4.69) is 0 Å². The van der Waals surface area contributed by atoms with Gasteiger partial charge in [0.15, 0.2) is 16.4 Å². The van der Waals surface area contributed by atoms with E-state index < -0.39 is 22.4 Å². The quantitative estimate of drug-likeness (QED) is 0.471. The Labute approximate surface area is 180 Å². The first-order valence-electron chi connectivity index (χ1n) is 9.56. The first kappa shape index (κ1) is 22.5. The molecular formula is C21H24ClNO6S. The molecule has 7 nitrogen and oxygen atoms in total. The lowest BCUT2D eigenvalue weighted by Crippen LogP contribution is -2.18. The Kier molecular flexibility index (Phi) is 6.69. The number of ketones is 1. The number of Topliss-reactive ketones (excluding diaryl/α,β-unsaturated/α-hetero) is 1. The van der Waals surface area contributed by atoms with E-state index in [1.54, 1.807) is 6.07 Å². The molecule has 1 atom stereocenters. The highest BCUT2D eigenvalue weighted by Gasteiger charge is 2.23. The summed E-state index contributed by atoms with van der Waals surface area (Å²) in [5.74, 6) is -1.20. The number of sulfone groups is 1. The van der Waals surface area contributed by atoms with Crippen molar-refractivity contribution in [1.82, 2.24) is 4.57 Å². The molecule has 0 bridgehead atoms. The van der Waals surface area contributed by atoms with Gasteiger partial charge in [-0.1, -0.05) is 11.6 Å². The topological polar surface area (TPSA) is 91.7 Å². The number of aryl methyl sites for hydroxylation is 1. The van der Waals surface area contributed by atoms with E-state index >= 15 is 0 Å². The zero-order chi connectivity index (χ0) is 22.1. The van der Waals surface area contributed by atoms with Gasteiger partial charge in [-0.25, -0.2) is 13.2 Å². The molecule has 1 fully saturated rings. The normalized spacial score (nSPS) is 16.6. The molecule has 1 aliphatic rings. The SMILES string of the molecule is Cc1cc(C(=O)COC(=O)c2cc(S(C)(=O)=O)ccc2Cl)c(C)n1C[C@@H]1CCCO1. The maximum atomic E-state index is 12.7. The molecule has 0 aliphatic carbocycles. The summed E-state index contributed by atoms with van der Waals surface area (Å²) >= 11 is 6.01. The van der Waals surface area contributed by atoms with Crippen molar-refractivity contribution >= 4 is 33.2 Å². The molecule has 2 aromatic rings. The second kappa shape index (κ2) is 8.91. The predicted octanol–water partition coefficient (Wildman–Crippen LogP) is 3.38. The lowest BCUT2D eigenvalue weighted by atomic mass is 10.1. The first-order chi connectivity index (χ1) is 14.1. The van der Waals surface area contributed by atoms with E-state index in [4.69, 9.17) is 21.1 Å². The predicted molar refractivity (Wildman–Crippen MR) is 112 cm³/mol. The highest BCUT2D eigenvalue weighted by molar-refractivity contribution is 7.90. The largest absolute Gasteiger partial charge is 0.454 e. The molecule has 1 aliphatic heterocycles. The summed E-state index contributed by atoms with van der Waals surface area (Å²) in [7, 11) is -3.51. The van der Waals surface area contributed by atoms with Crippen molar-refractivity contribution in [3.05, 3.63) is 51.8 Å². The highest BCUT2D eigenvalue weighted by atomic mass is 35.5. The molecule has 1 aromatic carbocycles. The molecule has 0 radical (unpaired) electrons. The molecule has 0 saturated carbocycles. The summed E-state index contributed by atoms with van der Waals surface area (Å²) in [4.78, 5) is 25.0. The number of ether oxygens (including phenoxy) is 2. The van der Waals surface area contributed by atoms with Crippen molar-refractivity contribution in [2.24, 2.45) is 0 Å². The second-order valence-corrected chi connectivity index (χ2v) is 9.87. The molecule has 30 heavy (non-hydrogen) atoms. The van der Waals surface area contributed by atoms with E-state index in [0.29, 0.717) is 12.1 Å². The van der Waals surface area contributed by atoms with Crippen LogP contribution in [0.1, 0.15) is 44.9 Å². The van der Waals surface area contributed by atoms with E-state index in [1.807, 2.05) is 18.4 Å². The monoisotopic (exact) mass is 453 g/mol. The molecule has 3 rings (SSSR count). The smallest absolute Gasteiger partial charge is 0.340 e. The number of aromatic nitrogens is 1. The second-order valence-electron chi connectivity index (χ2n) is 7.44. The number of halogens is 1. The van der Waals surface area contributed by atoms with E-state index in [1.165, 1.54) is 12.1 Å². The minimum atomic E-state index is -3.51. The third kappa shape index (κ3) is 4.94. The van der Waals surface area contributed by atoms with Gasteiger partial charge in [-0.05, 0) is 51.0 Å². The lowest BCUT2D eigenvalue weighted by Gasteiger charge is -2.14. The molecule has 2 heterocycles. The average molecular weight is 454 g/mol. The third-order valence-corrected chi connectivity index (χ3v) is 6.64. The van der Waals surface area contributed by atoms with E-state index in [0.717, 1.165) is 43.2 Å². The molecule has 9 heteroatoms. The molecule has 0 spiro atoms. The molecule has 162 valence electrons.